The molecule has 0 saturated heterocycles. The van der Waals surface area contributed by atoms with Crippen LogP contribution in [0.4, 0.5) is 8.78 Å². The Morgan fingerprint density at radius 3 is 1.44 bits per heavy atom. The number of hydrogen-bond acceptors (Lipinski definition) is 3. The van der Waals surface area contributed by atoms with Gasteiger partial charge in [0.15, 0.2) is 0 Å². The normalized spacial score (nSPS) is 10.8. The zero-order valence-electron chi connectivity index (χ0n) is 11.1. The van der Waals surface area contributed by atoms with Gasteiger partial charge in [0.2, 0.25) is 0 Å². The molecule has 0 aromatic heterocycles. The SMILES string of the molecule is OB(OCCCCCCF)OCCCCCCF. The number of halogens is 2. The van der Waals surface area contributed by atoms with Gasteiger partial charge in [0.05, 0.1) is 13.3 Å². The number of unbranched alkanes of at least 4 members (excludes halogenated alkanes) is 6. The fraction of sp³-hybridized carbons (Fsp3) is 1.00. The highest BCUT2D eigenvalue weighted by Gasteiger charge is 2.14. The smallest absolute Gasteiger partial charge is 0.402 e. The molecule has 0 aromatic rings. The molecule has 0 atom stereocenters. The van der Waals surface area contributed by atoms with Crippen LogP contribution in [0.2, 0.25) is 0 Å². The summed E-state index contributed by atoms with van der Waals surface area (Å²) >= 11 is 0. The van der Waals surface area contributed by atoms with E-state index >= 15 is 0 Å². The maximum Gasteiger partial charge on any atom is 0.636 e. The van der Waals surface area contributed by atoms with Crippen molar-refractivity contribution in [2.24, 2.45) is 0 Å². The monoisotopic (exact) mass is 266 g/mol. The van der Waals surface area contributed by atoms with Crippen molar-refractivity contribution in [1.82, 2.24) is 0 Å². The van der Waals surface area contributed by atoms with E-state index in [9.17, 15) is 13.8 Å². The van der Waals surface area contributed by atoms with E-state index in [-0.39, 0.29) is 13.3 Å². The molecule has 0 aliphatic heterocycles. The highest BCUT2D eigenvalue weighted by molar-refractivity contribution is 6.34. The molecule has 0 aliphatic carbocycles. The van der Waals surface area contributed by atoms with Crippen molar-refractivity contribution < 1.29 is 23.1 Å². The highest BCUT2D eigenvalue weighted by atomic mass is 19.1. The summed E-state index contributed by atoms with van der Waals surface area (Å²) in [4.78, 5) is 0. The second kappa shape index (κ2) is 14.9. The lowest BCUT2D eigenvalue weighted by molar-refractivity contribution is 0.128. The number of alkyl halides is 2. The second-order valence-electron chi connectivity index (χ2n) is 4.26. The van der Waals surface area contributed by atoms with Crippen LogP contribution in [0.1, 0.15) is 51.4 Å². The molecule has 0 aliphatic rings. The van der Waals surface area contributed by atoms with Gasteiger partial charge in [-0.05, 0) is 25.7 Å². The van der Waals surface area contributed by atoms with Crippen LogP contribution in [0.3, 0.4) is 0 Å². The molecule has 1 N–H and O–H groups in total. The molecule has 0 fully saturated rings. The maximum atomic E-state index is 11.8. The van der Waals surface area contributed by atoms with Crippen LogP contribution in [-0.2, 0) is 9.31 Å². The van der Waals surface area contributed by atoms with Gasteiger partial charge in [0.1, 0.15) is 0 Å². The Labute approximate surface area is 109 Å². The van der Waals surface area contributed by atoms with Gasteiger partial charge < -0.3 is 14.3 Å². The zero-order valence-corrected chi connectivity index (χ0v) is 11.1. The average Bonchev–Trinajstić information content (AvgIpc) is 2.38. The lowest BCUT2D eigenvalue weighted by Gasteiger charge is -2.08. The van der Waals surface area contributed by atoms with Crippen LogP contribution < -0.4 is 0 Å². The summed E-state index contributed by atoms with van der Waals surface area (Å²) in [6.07, 6.45) is 6.31. The third-order valence-corrected chi connectivity index (χ3v) is 2.58. The lowest BCUT2D eigenvalue weighted by atomic mass is 10.2. The fourth-order valence-corrected chi connectivity index (χ4v) is 1.52. The second-order valence-corrected chi connectivity index (χ2v) is 4.26. The number of rotatable bonds is 14. The summed E-state index contributed by atoms with van der Waals surface area (Å²) in [5.41, 5.74) is 0. The predicted molar refractivity (Wildman–Crippen MR) is 68.8 cm³/mol. The Bertz CT molecular complexity index is 148. The molecular formula is C12H25BF2O3. The van der Waals surface area contributed by atoms with Crippen molar-refractivity contribution in [2.75, 3.05) is 26.6 Å². The molecule has 0 unspecified atom stereocenters. The van der Waals surface area contributed by atoms with E-state index in [1.165, 1.54) is 0 Å². The van der Waals surface area contributed by atoms with Crippen molar-refractivity contribution >= 4 is 7.32 Å². The Hall–Kier alpha value is -0.195. The van der Waals surface area contributed by atoms with Crippen LogP contribution >= 0.6 is 0 Å². The van der Waals surface area contributed by atoms with Crippen LogP contribution in [0.15, 0.2) is 0 Å². The molecule has 6 heteroatoms. The molecule has 0 amide bonds. The van der Waals surface area contributed by atoms with Crippen molar-refractivity contribution in [2.45, 2.75) is 51.4 Å². The number of hydrogen-bond donors (Lipinski definition) is 1. The van der Waals surface area contributed by atoms with Gasteiger partial charge in [-0.25, -0.2) is 0 Å². The molecule has 0 bridgehead atoms. The first-order valence-electron chi connectivity index (χ1n) is 6.84. The van der Waals surface area contributed by atoms with Crippen LogP contribution in [0.25, 0.3) is 0 Å². The van der Waals surface area contributed by atoms with Crippen LogP contribution in [0, 0.1) is 0 Å². The Morgan fingerprint density at radius 1 is 0.667 bits per heavy atom. The quantitative estimate of drug-likeness (QED) is 0.388. The van der Waals surface area contributed by atoms with E-state index in [1.54, 1.807) is 0 Å². The van der Waals surface area contributed by atoms with E-state index in [0.29, 0.717) is 26.1 Å². The third-order valence-electron chi connectivity index (χ3n) is 2.58. The van der Waals surface area contributed by atoms with E-state index < -0.39 is 7.32 Å². The largest absolute Gasteiger partial charge is 0.636 e. The molecule has 0 radical (unpaired) electrons. The van der Waals surface area contributed by atoms with Crippen molar-refractivity contribution in [3.8, 4) is 0 Å². The first-order chi connectivity index (χ1) is 8.81. The molecule has 18 heavy (non-hydrogen) atoms. The minimum Gasteiger partial charge on any atom is -0.402 e. The predicted octanol–water partition coefficient (Wildman–Crippen LogP) is 3.06. The summed E-state index contributed by atoms with van der Waals surface area (Å²) < 4.78 is 33.6. The summed E-state index contributed by atoms with van der Waals surface area (Å²) in [7, 11) is -1.17. The van der Waals surface area contributed by atoms with E-state index in [0.717, 1.165) is 38.5 Å². The average molecular weight is 266 g/mol. The summed E-state index contributed by atoms with van der Waals surface area (Å²) in [6.45, 7) is 0.314. The molecular weight excluding hydrogens is 241 g/mol. The maximum absolute atomic E-state index is 11.8. The molecule has 0 saturated carbocycles. The third kappa shape index (κ3) is 13.9. The van der Waals surface area contributed by atoms with Gasteiger partial charge in [0, 0.05) is 13.2 Å². The Kier molecular flexibility index (Phi) is 14.7. The fourth-order valence-electron chi connectivity index (χ4n) is 1.52. The van der Waals surface area contributed by atoms with Crippen molar-refractivity contribution in [1.29, 1.82) is 0 Å². The molecule has 0 rings (SSSR count). The molecule has 0 spiro atoms. The highest BCUT2D eigenvalue weighted by Crippen LogP contribution is 2.03. The zero-order chi connectivity index (χ0) is 13.5. The minimum absolute atomic E-state index is 0.269. The first kappa shape index (κ1) is 17.8. The standard InChI is InChI=1S/C12H25BF2O3/c14-9-5-1-3-7-11-17-13(16)18-12-8-4-2-6-10-15/h16H,1-12H2. The summed E-state index contributed by atoms with van der Waals surface area (Å²) in [6, 6.07) is 0. The minimum atomic E-state index is -1.17. The lowest BCUT2D eigenvalue weighted by Crippen LogP contribution is -2.23. The van der Waals surface area contributed by atoms with Gasteiger partial charge in [-0.1, -0.05) is 25.7 Å². The van der Waals surface area contributed by atoms with Gasteiger partial charge in [-0.2, -0.15) is 0 Å². The molecule has 0 aromatic carbocycles. The van der Waals surface area contributed by atoms with Gasteiger partial charge >= 0.3 is 7.32 Å². The van der Waals surface area contributed by atoms with Gasteiger partial charge in [0.25, 0.3) is 0 Å². The van der Waals surface area contributed by atoms with Crippen molar-refractivity contribution in [3.63, 3.8) is 0 Å². The molecule has 3 nitrogen and oxygen atoms in total. The van der Waals surface area contributed by atoms with Gasteiger partial charge in [-0.3, -0.25) is 8.78 Å². The Morgan fingerprint density at radius 2 is 1.06 bits per heavy atom. The van der Waals surface area contributed by atoms with Crippen molar-refractivity contribution in [3.05, 3.63) is 0 Å². The van der Waals surface area contributed by atoms with Crippen LogP contribution in [0.5, 0.6) is 0 Å². The van der Waals surface area contributed by atoms with E-state index in [4.69, 9.17) is 9.31 Å². The summed E-state index contributed by atoms with van der Waals surface area (Å²) in [5, 5.41) is 9.29. The molecule has 0 heterocycles. The summed E-state index contributed by atoms with van der Waals surface area (Å²) in [5.74, 6) is 0. The van der Waals surface area contributed by atoms with E-state index in [2.05, 4.69) is 0 Å². The first-order valence-corrected chi connectivity index (χ1v) is 6.84. The Balaban J connectivity index is 3.10. The topological polar surface area (TPSA) is 38.7 Å². The van der Waals surface area contributed by atoms with E-state index in [1.807, 2.05) is 0 Å². The molecule has 108 valence electrons. The van der Waals surface area contributed by atoms with Gasteiger partial charge in [-0.15, -0.1) is 0 Å². The van der Waals surface area contributed by atoms with Crippen LogP contribution in [-0.4, -0.2) is 38.9 Å².